The number of carbonyl (C=O) groups is 1. The Labute approximate surface area is 223 Å². The number of carbonyl (C=O) groups excluding carboxylic acids is 1. The van der Waals surface area contributed by atoms with Crippen molar-refractivity contribution in [3.05, 3.63) is 82.2 Å². The average Bonchev–Trinajstić information content (AvgIpc) is 3.54. The number of anilines is 2. The summed E-state index contributed by atoms with van der Waals surface area (Å²) >= 11 is 0. The third-order valence-corrected chi connectivity index (χ3v) is 7.20. The lowest BCUT2D eigenvalue weighted by Crippen LogP contribution is -2.23. The van der Waals surface area contributed by atoms with Gasteiger partial charge in [0.15, 0.2) is 11.5 Å². The second-order valence-corrected chi connectivity index (χ2v) is 9.66. The summed E-state index contributed by atoms with van der Waals surface area (Å²) in [6.45, 7) is 9.02. The van der Waals surface area contributed by atoms with Crippen molar-refractivity contribution in [2.75, 3.05) is 11.5 Å². The third-order valence-electron chi connectivity index (χ3n) is 7.20. The summed E-state index contributed by atoms with van der Waals surface area (Å²) < 4.78 is 7.50. The largest absolute Gasteiger partial charge is 0.461 e. The molecule has 1 atom stereocenters. The molecule has 0 amide bonds. The lowest BCUT2D eigenvalue weighted by molar-refractivity contribution is 0.0512. The van der Waals surface area contributed by atoms with E-state index in [2.05, 4.69) is 86.4 Å². The highest BCUT2D eigenvalue weighted by Crippen LogP contribution is 2.41. The van der Waals surface area contributed by atoms with E-state index in [1.807, 2.05) is 13.8 Å². The predicted octanol–water partition coefficient (Wildman–Crippen LogP) is 5.13. The summed E-state index contributed by atoms with van der Waals surface area (Å²) in [5.41, 5.74) is 7.37. The van der Waals surface area contributed by atoms with Crippen LogP contribution in [0.5, 0.6) is 0 Å². The molecule has 0 fully saturated rings. The van der Waals surface area contributed by atoms with Crippen LogP contribution in [0.1, 0.15) is 84.7 Å². The van der Waals surface area contributed by atoms with Crippen LogP contribution in [0.15, 0.2) is 42.5 Å². The first-order valence-electron chi connectivity index (χ1n) is 13.5. The van der Waals surface area contributed by atoms with Crippen molar-refractivity contribution < 1.29 is 9.53 Å². The highest BCUT2D eigenvalue weighted by Gasteiger charge is 2.28. The molecule has 0 saturated carbocycles. The minimum absolute atomic E-state index is 0.0822. The highest BCUT2D eigenvalue weighted by atomic mass is 16.5. The van der Waals surface area contributed by atoms with Gasteiger partial charge >= 0.3 is 5.97 Å². The van der Waals surface area contributed by atoms with Gasteiger partial charge in [-0.05, 0) is 78.8 Å². The Kier molecular flexibility index (Phi) is 7.53. The molecule has 3 heterocycles. The first-order valence-corrected chi connectivity index (χ1v) is 13.5. The van der Waals surface area contributed by atoms with Gasteiger partial charge in [-0.2, -0.15) is 0 Å². The van der Waals surface area contributed by atoms with Crippen LogP contribution in [0.3, 0.4) is 0 Å². The molecule has 0 bridgehead atoms. The Balaban J connectivity index is 1.56. The Morgan fingerprint density at radius 2 is 1.87 bits per heavy atom. The Morgan fingerprint density at radius 3 is 2.61 bits per heavy atom. The van der Waals surface area contributed by atoms with Crippen LogP contribution in [0, 0.1) is 0 Å². The van der Waals surface area contributed by atoms with Crippen LogP contribution >= 0.6 is 0 Å². The van der Waals surface area contributed by atoms with Gasteiger partial charge in [0, 0.05) is 24.3 Å². The number of hydrogen-bond acceptors (Lipinski definition) is 7. The molecule has 0 radical (unpaired) electrons. The van der Waals surface area contributed by atoms with Gasteiger partial charge in [0.1, 0.15) is 5.82 Å². The molecular formula is C29H35N7O2. The maximum Gasteiger partial charge on any atom is 0.356 e. The van der Waals surface area contributed by atoms with Crippen molar-refractivity contribution in [1.82, 2.24) is 30.2 Å². The lowest BCUT2D eigenvalue weighted by atomic mass is 10.0. The number of esters is 1. The molecule has 0 aliphatic carbocycles. The Morgan fingerprint density at radius 1 is 1.08 bits per heavy atom. The lowest BCUT2D eigenvalue weighted by Gasteiger charge is -2.31. The predicted molar refractivity (Wildman–Crippen MR) is 146 cm³/mol. The zero-order chi connectivity index (χ0) is 26.6. The van der Waals surface area contributed by atoms with Gasteiger partial charge in [-0.1, -0.05) is 44.2 Å². The summed E-state index contributed by atoms with van der Waals surface area (Å²) in [6.07, 6.45) is 4.29. The van der Waals surface area contributed by atoms with Gasteiger partial charge < -0.3 is 14.2 Å². The number of rotatable bonds is 9. The van der Waals surface area contributed by atoms with E-state index in [0.717, 1.165) is 48.5 Å². The number of nitrogens with zero attached hydrogens (tertiary/aromatic N) is 6. The summed E-state index contributed by atoms with van der Waals surface area (Å²) in [6, 6.07) is 15.1. The second kappa shape index (κ2) is 11.2. The zero-order valence-corrected chi connectivity index (χ0v) is 22.6. The van der Waals surface area contributed by atoms with Crippen LogP contribution in [0.4, 0.5) is 11.4 Å². The first kappa shape index (κ1) is 25.6. The van der Waals surface area contributed by atoms with Crippen LogP contribution in [0.25, 0.3) is 0 Å². The number of tetrazole rings is 1. The molecule has 9 nitrogen and oxygen atoms in total. The molecule has 4 aromatic rings. The molecular weight excluding hydrogens is 478 g/mol. The number of ether oxygens (including phenoxy) is 1. The number of nitrogens with one attached hydrogen (secondary N) is 1. The third kappa shape index (κ3) is 4.80. The molecule has 9 heteroatoms. The Bertz CT molecular complexity index is 1410. The minimum Gasteiger partial charge on any atom is -0.461 e. The van der Waals surface area contributed by atoms with Gasteiger partial charge in [0.05, 0.1) is 18.3 Å². The standard InChI is InChI=1S/C29H35N7O2/c1-5-10-26-30-23(6-2)27(29(37)38-7-3)35(26)18-20-13-16-25-22(17-20)15-14-21-11-8-9-12-24(21)36(25)19(4)28-31-33-34-32-28/h8-9,11-13,16-17,19H,5-7,10,14-15,18H2,1-4H3,(H,31,32,33,34). The topological polar surface area (TPSA) is 102 Å². The molecule has 2 aromatic heterocycles. The maximum absolute atomic E-state index is 13.0. The number of benzene rings is 2. The molecule has 1 unspecified atom stereocenters. The monoisotopic (exact) mass is 513 g/mol. The second-order valence-electron chi connectivity index (χ2n) is 9.66. The number of aryl methyl sites for hydroxylation is 4. The highest BCUT2D eigenvalue weighted by molar-refractivity contribution is 5.89. The summed E-state index contributed by atoms with van der Waals surface area (Å²) in [7, 11) is 0. The molecule has 1 aliphatic rings. The molecule has 0 spiro atoms. The number of imidazole rings is 1. The fourth-order valence-electron chi connectivity index (χ4n) is 5.41. The first-order chi connectivity index (χ1) is 18.5. The maximum atomic E-state index is 13.0. The Hall–Kier alpha value is -4.01. The average molecular weight is 514 g/mol. The number of aromatic amines is 1. The van der Waals surface area contributed by atoms with Gasteiger partial charge in [-0.3, -0.25) is 0 Å². The van der Waals surface area contributed by atoms with Crippen LogP contribution in [0.2, 0.25) is 0 Å². The van der Waals surface area contributed by atoms with Crippen LogP contribution < -0.4 is 4.90 Å². The SMILES string of the molecule is CCCc1nc(CC)c(C(=O)OCC)n1Cc1ccc2c(c1)CCc1ccccc1N2C(C)c1nnn[nH]1. The van der Waals surface area contributed by atoms with Gasteiger partial charge in [-0.15, -0.1) is 5.10 Å². The molecule has 1 aliphatic heterocycles. The van der Waals surface area contributed by atoms with Crippen molar-refractivity contribution >= 4 is 17.3 Å². The molecule has 38 heavy (non-hydrogen) atoms. The number of aromatic nitrogens is 6. The van der Waals surface area contributed by atoms with Crippen molar-refractivity contribution in [3.8, 4) is 0 Å². The van der Waals surface area contributed by atoms with Crippen LogP contribution in [-0.4, -0.2) is 42.8 Å². The quantitative estimate of drug-likeness (QED) is 0.309. The van der Waals surface area contributed by atoms with E-state index in [4.69, 9.17) is 9.72 Å². The van der Waals surface area contributed by atoms with E-state index in [-0.39, 0.29) is 12.0 Å². The van der Waals surface area contributed by atoms with E-state index in [1.54, 1.807) is 0 Å². The smallest absolute Gasteiger partial charge is 0.356 e. The summed E-state index contributed by atoms with van der Waals surface area (Å²) in [5, 5.41) is 14.8. The number of hydrogen-bond donors (Lipinski definition) is 1. The molecule has 5 rings (SSSR count). The van der Waals surface area contributed by atoms with Gasteiger partial charge in [-0.25, -0.2) is 14.9 Å². The normalized spacial score (nSPS) is 13.5. The van der Waals surface area contributed by atoms with Gasteiger partial charge in [0.2, 0.25) is 0 Å². The fraction of sp³-hybridized carbons (Fsp3) is 0.414. The number of fused-ring (bicyclic) bond motifs is 2. The van der Waals surface area contributed by atoms with Crippen LogP contribution in [-0.2, 0) is 37.0 Å². The molecule has 1 N–H and O–H groups in total. The summed E-state index contributed by atoms with van der Waals surface area (Å²) in [5.74, 6) is 1.35. The van der Waals surface area contributed by atoms with E-state index < -0.39 is 0 Å². The zero-order valence-electron chi connectivity index (χ0n) is 22.6. The van der Waals surface area contributed by atoms with E-state index >= 15 is 0 Å². The van der Waals surface area contributed by atoms with Crippen molar-refractivity contribution in [2.45, 2.75) is 72.4 Å². The summed E-state index contributed by atoms with van der Waals surface area (Å²) in [4.78, 5) is 20.1. The van der Waals surface area contributed by atoms with Crippen molar-refractivity contribution in [1.29, 1.82) is 0 Å². The van der Waals surface area contributed by atoms with E-state index in [0.29, 0.717) is 31.1 Å². The minimum atomic E-state index is -0.301. The van der Waals surface area contributed by atoms with E-state index in [1.165, 1.54) is 16.8 Å². The number of H-pyrrole nitrogens is 1. The molecule has 2 aromatic carbocycles. The molecule has 198 valence electrons. The fourth-order valence-corrected chi connectivity index (χ4v) is 5.41. The molecule has 0 saturated heterocycles. The van der Waals surface area contributed by atoms with Crippen molar-refractivity contribution in [3.63, 3.8) is 0 Å². The number of para-hydroxylation sites is 1. The van der Waals surface area contributed by atoms with E-state index in [9.17, 15) is 4.79 Å². The van der Waals surface area contributed by atoms with Crippen molar-refractivity contribution in [2.24, 2.45) is 0 Å². The van der Waals surface area contributed by atoms with Gasteiger partial charge in [0.25, 0.3) is 0 Å².